The van der Waals surface area contributed by atoms with E-state index in [1.807, 2.05) is 0 Å². The second kappa shape index (κ2) is 21.9. The van der Waals surface area contributed by atoms with E-state index in [4.69, 9.17) is 0 Å². The summed E-state index contributed by atoms with van der Waals surface area (Å²) in [5.74, 6) is 0.148. The number of hydrogen-bond donors (Lipinski definition) is 0. The standard InChI is InChI=1S/C89H73BN4/c1-57(2)62-49-83-85-84(50-62)94(87-73(60-33-17-11-18-34-60)53-64(89(6,7)8)54-74(87)61-35-19-12-20-36-61)82-56-66(92-79-43-27-23-39-69(79)70-40-24-28-44-80(70)92)46-48-76(82)90(85)75-47-45-65(91-77-41-25-21-37-67(77)68-38-22-26-42-78(68)91)55-81(75)93(83)86-71(58-29-13-9-14-30-58)51-63(88(3,4)5)52-72(86)59-31-15-10-16-32-59/h9-57H,1-8H3. The van der Waals surface area contributed by atoms with Crippen molar-refractivity contribution in [2.24, 2.45) is 0 Å². The molecule has 15 aromatic rings. The summed E-state index contributed by atoms with van der Waals surface area (Å²) < 4.78 is 5.00. The first kappa shape index (κ1) is 57.1. The van der Waals surface area contributed by atoms with Crippen molar-refractivity contribution >= 4 is 101 Å². The van der Waals surface area contributed by atoms with E-state index < -0.39 is 0 Å². The van der Waals surface area contributed by atoms with Crippen LogP contribution in [0.25, 0.3) is 99.5 Å². The fraction of sp³-hybridized carbons (Fsp3) is 0.124. The predicted octanol–water partition coefficient (Wildman–Crippen LogP) is 22.3. The summed E-state index contributed by atoms with van der Waals surface area (Å²) in [6.07, 6.45) is 0. The minimum atomic E-state index is -0.202. The van der Waals surface area contributed by atoms with Gasteiger partial charge in [-0.3, -0.25) is 0 Å². The molecule has 0 unspecified atom stereocenters. The van der Waals surface area contributed by atoms with Crippen LogP contribution in [0.3, 0.4) is 0 Å². The highest BCUT2D eigenvalue weighted by molar-refractivity contribution is 7.00. The van der Waals surface area contributed by atoms with Gasteiger partial charge in [0.2, 0.25) is 0 Å². The summed E-state index contributed by atoms with van der Waals surface area (Å²) >= 11 is 0. The zero-order valence-electron chi connectivity index (χ0n) is 54.7. The van der Waals surface area contributed by atoms with Crippen LogP contribution >= 0.6 is 0 Å². The van der Waals surface area contributed by atoms with Crippen LogP contribution in [0.1, 0.15) is 78.0 Å². The van der Waals surface area contributed by atoms with Gasteiger partial charge >= 0.3 is 0 Å². The van der Waals surface area contributed by atoms with Crippen molar-refractivity contribution in [3.05, 3.63) is 308 Å². The van der Waals surface area contributed by atoms with Crippen molar-refractivity contribution in [3.63, 3.8) is 0 Å². The zero-order chi connectivity index (χ0) is 63.7. The summed E-state index contributed by atoms with van der Waals surface area (Å²) in [4.78, 5) is 5.44. The van der Waals surface area contributed by atoms with Crippen LogP contribution in [0.15, 0.2) is 291 Å². The van der Waals surface area contributed by atoms with Gasteiger partial charge in [0.1, 0.15) is 0 Å². The second-order valence-corrected chi connectivity index (χ2v) is 28.3. The van der Waals surface area contributed by atoms with Crippen molar-refractivity contribution in [1.29, 1.82) is 0 Å². The molecule has 2 aliphatic rings. The third-order valence-corrected chi connectivity index (χ3v) is 20.1. The Bertz CT molecular complexity index is 4930. The minimum Gasteiger partial charge on any atom is -0.310 e. The number of para-hydroxylation sites is 4. The maximum Gasteiger partial charge on any atom is 0.252 e. The lowest BCUT2D eigenvalue weighted by molar-refractivity contribution is 0.590. The Morgan fingerprint density at radius 3 is 0.872 bits per heavy atom. The molecule has 0 spiro atoms. The van der Waals surface area contributed by atoms with Crippen LogP contribution < -0.4 is 26.2 Å². The number of anilines is 6. The van der Waals surface area contributed by atoms with Crippen LogP contribution in [-0.2, 0) is 10.8 Å². The van der Waals surface area contributed by atoms with Gasteiger partial charge in [-0.05, 0) is 157 Å². The first-order chi connectivity index (χ1) is 45.8. The highest BCUT2D eigenvalue weighted by Gasteiger charge is 2.46. The van der Waals surface area contributed by atoms with E-state index in [9.17, 15) is 0 Å². The zero-order valence-corrected chi connectivity index (χ0v) is 54.7. The molecule has 94 heavy (non-hydrogen) atoms. The molecule has 2 aromatic heterocycles. The van der Waals surface area contributed by atoms with Gasteiger partial charge in [0.25, 0.3) is 6.71 Å². The fourth-order valence-corrected chi connectivity index (χ4v) is 15.5. The Morgan fingerprint density at radius 2 is 0.585 bits per heavy atom. The summed E-state index contributed by atoms with van der Waals surface area (Å²) in [7, 11) is 0. The lowest BCUT2D eigenvalue weighted by atomic mass is 9.33. The SMILES string of the molecule is CC(C)c1cc2c3c(c1)N(c1c(-c4ccccc4)cc(C(C)(C)C)cc1-c1ccccc1)c1cc(-n4c5ccccc5c5ccccc54)ccc1B3c1ccc(-n3c4ccccc4c4ccccc43)cc1N2c1c(-c2ccccc2)cc(C(C)(C)C)cc1-c1ccccc1. The largest absolute Gasteiger partial charge is 0.310 e. The summed E-state index contributed by atoms with van der Waals surface area (Å²) in [5, 5.41) is 4.95. The van der Waals surface area contributed by atoms with E-state index in [-0.39, 0.29) is 23.5 Å². The topological polar surface area (TPSA) is 16.3 Å². The Balaban J connectivity index is 1.06. The number of aromatic nitrogens is 2. The lowest BCUT2D eigenvalue weighted by Gasteiger charge is -2.46. The Labute approximate surface area is 552 Å². The molecule has 17 rings (SSSR count). The number of rotatable bonds is 9. The third kappa shape index (κ3) is 9.11. The van der Waals surface area contributed by atoms with E-state index in [2.05, 4.69) is 366 Å². The smallest absolute Gasteiger partial charge is 0.252 e. The van der Waals surface area contributed by atoms with Crippen LogP contribution in [0, 0.1) is 0 Å². The van der Waals surface area contributed by atoms with E-state index in [0.29, 0.717) is 0 Å². The van der Waals surface area contributed by atoms with E-state index in [1.165, 1.54) is 133 Å². The van der Waals surface area contributed by atoms with Gasteiger partial charge in [-0.1, -0.05) is 262 Å². The van der Waals surface area contributed by atoms with E-state index in [1.54, 1.807) is 0 Å². The summed E-state index contributed by atoms with van der Waals surface area (Å²) in [6.45, 7) is 18.7. The first-order valence-corrected chi connectivity index (χ1v) is 33.4. The maximum atomic E-state index is 2.72. The molecule has 4 nitrogen and oxygen atoms in total. The molecule has 0 saturated carbocycles. The first-order valence-electron chi connectivity index (χ1n) is 33.4. The van der Waals surface area contributed by atoms with E-state index in [0.717, 1.165) is 34.1 Å². The molecular formula is C89H73BN4. The van der Waals surface area contributed by atoms with Crippen molar-refractivity contribution in [3.8, 4) is 55.9 Å². The number of fused-ring (bicyclic) bond motifs is 10. The molecule has 4 heterocycles. The highest BCUT2D eigenvalue weighted by Crippen LogP contribution is 2.55. The minimum absolute atomic E-state index is 0.148. The normalized spacial score (nSPS) is 12.9. The molecule has 0 radical (unpaired) electrons. The molecule has 2 aliphatic heterocycles. The Hall–Kier alpha value is -10.9. The van der Waals surface area contributed by atoms with E-state index >= 15 is 0 Å². The molecule has 5 heteroatoms. The van der Waals surface area contributed by atoms with Gasteiger partial charge < -0.3 is 18.9 Å². The van der Waals surface area contributed by atoms with Gasteiger partial charge in [-0.25, -0.2) is 0 Å². The quantitative estimate of drug-likeness (QED) is 0.134. The van der Waals surface area contributed by atoms with Gasteiger partial charge in [-0.15, -0.1) is 0 Å². The monoisotopic (exact) mass is 1210 g/mol. The molecule has 0 aliphatic carbocycles. The van der Waals surface area contributed by atoms with Crippen molar-refractivity contribution in [2.45, 2.75) is 72.1 Å². The number of hydrogen-bond acceptors (Lipinski definition) is 2. The Morgan fingerprint density at radius 1 is 0.298 bits per heavy atom. The summed E-state index contributed by atoms with van der Waals surface area (Å²) in [5.41, 5.74) is 30.5. The predicted molar refractivity (Wildman–Crippen MR) is 402 cm³/mol. The van der Waals surface area contributed by atoms with Crippen molar-refractivity contribution < 1.29 is 0 Å². The molecular weight excluding hydrogens is 1140 g/mol. The highest BCUT2D eigenvalue weighted by atomic mass is 15.2. The van der Waals surface area contributed by atoms with Gasteiger partial charge in [0.05, 0.1) is 33.4 Å². The third-order valence-electron chi connectivity index (χ3n) is 20.1. The van der Waals surface area contributed by atoms with Crippen LogP contribution in [0.2, 0.25) is 0 Å². The van der Waals surface area contributed by atoms with Crippen LogP contribution in [0.4, 0.5) is 34.1 Å². The van der Waals surface area contributed by atoms with Crippen LogP contribution in [-0.4, -0.2) is 15.8 Å². The average molecular weight is 1210 g/mol. The van der Waals surface area contributed by atoms with Gasteiger partial charge in [0, 0.05) is 77.9 Å². The lowest BCUT2D eigenvalue weighted by Crippen LogP contribution is -2.61. The second-order valence-electron chi connectivity index (χ2n) is 28.3. The number of benzene rings is 13. The van der Waals surface area contributed by atoms with Crippen LogP contribution in [0.5, 0.6) is 0 Å². The van der Waals surface area contributed by atoms with Gasteiger partial charge in [-0.2, -0.15) is 0 Å². The molecule has 0 N–H and O–H groups in total. The molecule has 0 fully saturated rings. The van der Waals surface area contributed by atoms with Crippen molar-refractivity contribution in [1.82, 2.24) is 9.13 Å². The molecule has 0 atom stereocenters. The molecule has 13 aromatic carbocycles. The Kier molecular flexibility index (Phi) is 13.3. The number of nitrogens with zero attached hydrogens (tertiary/aromatic N) is 4. The van der Waals surface area contributed by atoms with Gasteiger partial charge in [0.15, 0.2) is 0 Å². The molecule has 0 amide bonds. The fourth-order valence-electron chi connectivity index (χ4n) is 15.5. The maximum absolute atomic E-state index is 2.72. The summed E-state index contributed by atoms with van der Waals surface area (Å²) in [6, 6.07) is 110. The molecule has 0 saturated heterocycles. The average Bonchev–Trinajstić information content (AvgIpc) is 0.812. The molecule has 452 valence electrons. The van der Waals surface area contributed by atoms with Crippen molar-refractivity contribution in [2.75, 3.05) is 9.80 Å². The molecule has 0 bridgehead atoms.